The van der Waals surface area contributed by atoms with E-state index in [1.807, 2.05) is 26.0 Å². The van der Waals surface area contributed by atoms with Gasteiger partial charge in [-0.25, -0.2) is 8.42 Å². The van der Waals surface area contributed by atoms with Crippen molar-refractivity contribution >= 4 is 27.5 Å². The second kappa shape index (κ2) is 13.0. The normalized spacial score (nSPS) is 14.6. The van der Waals surface area contributed by atoms with Crippen molar-refractivity contribution in [2.75, 3.05) is 31.3 Å². The topological polar surface area (TPSA) is 105 Å². The minimum Gasteiger partial charge on any atom is -0.497 e. The summed E-state index contributed by atoms with van der Waals surface area (Å²) in [5.41, 5.74) is 1.86. The summed E-state index contributed by atoms with van der Waals surface area (Å²) in [5, 5.41) is 3.11. The first-order valence-electron chi connectivity index (χ1n) is 12.9. The predicted molar refractivity (Wildman–Crippen MR) is 148 cm³/mol. The van der Waals surface area contributed by atoms with Gasteiger partial charge in [-0.1, -0.05) is 38.0 Å². The van der Waals surface area contributed by atoms with Crippen LogP contribution in [0.2, 0.25) is 0 Å². The van der Waals surface area contributed by atoms with Gasteiger partial charge in [-0.3, -0.25) is 13.9 Å². The Bertz CT molecular complexity index is 1230. The van der Waals surface area contributed by atoms with Crippen LogP contribution in [0, 0.1) is 6.92 Å². The molecule has 2 amide bonds. The van der Waals surface area contributed by atoms with Crippen LogP contribution < -0.4 is 19.1 Å². The zero-order valence-corrected chi connectivity index (χ0v) is 23.7. The van der Waals surface area contributed by atoms with Crippen molar-refractivity contribution in [3.8, 4) is 11.5 Å². The molecule has 208 valence electrons. The van der Waals surface area contributed by atoms with Crippen molar-refractivity contribution in [3.63, 3.8) is 0 Å². The van der Waals surface area contributed by atoms with E-state index in [1.165, 1.54) is 12.0 Å². The molecule has 1 aliphatic rings. The summed E-state index contributed by atoms with van der Waals surface area (Å²) in [6.07, 6.45) is 5.40. The van der Waals surface area contributed by atoms with Gasteiger partial charge < -0.3 is 19.7 Å². The highest BCUT2D eigenvalue weighted by Crippen LogP contribution is 2.31. The van der Waals surface area contributed by atoms with E-state index in [1.54, 1.807) is 37.4 Å². The molecule has 1 atom stereocenters. The Kier molecular flexibility index (Phi) is 10.0. The lowest BCUT2D eigenvalue weighted by atomic mass is 10.1. The van der Waals surface area contributed by atoms with Gasteiger partial charge in [0.1, 0.15) is 24.1 Å². The standard InChI is InChI=1S/C28H39N3O6S/c1-6-24(28(33)29-22-11-7-8-12-22)30(18-21-10-9-13-23(17-21)36-3)27(32)19-31(38(5,34)35)25-16-20(2)14-15-26(25)37-4/h9-10,13-17,22,24H,6-8,11-12,18-19H2,1-5H3,(H,29,33)/t24-/m1/s1. The van der Waals surface area contributed by atoms with Crippen molar-refractivity contribution in [2.45, 2.75) is 64.6 Å². The Balaban J connectivity index is 1.98. The number of nitrogens with zero attached hydrogens (tertiary/aromatic N) is 2. The molecule has 0 bridgehead atoms. The average molecular weight is 546 g/mol. The molecule has 3 rings (SSSR count). The van der Waals surface area contributed by atoms with Gasteiger partial charge in [0.05, 0.1) is 26.2 Å². The van der Waals surface area contributed by atoms with E-state index in [0.717, 1.165) is 47.4 Å². The molecule has 38 heavy (non-hydrogen) atoms. The SMILES string of the molecule is CC[C@H](C(=O)NC1CCCC1)N(Cc1cccc(OC)c1)C(=O)CN(c1cc(C)ccc1OC)S(C)(=O)=O. The molecule has 0 saturated heterocycles. The molecule has 10 heteroatoms. The van der Waals surface area contributed by atoms with Gasteiger partial charge >= 0.3 is 0 Å². The van der Waals surface area contributed by atoms with Crippen LogP contribution in [0.25, 0.3) is 0 Å². The van der Waals surface area contributed by atoms with E-state index in [2.05, 4.69) is 5.32 Å². The monoisotopic (exact) mass is 545 g/mol. The lowest BCUT2D eigenvalue weighted by Gasteiger charge is -2.33. The maximum atomic E-state index is 13.9. The third-order valence-corrected chi connectivity index (χ3v) is 7.98. The Morgan fingerprint density at radius 2 is 1.79 bits per heavy atom. The van der Waals surface area contributed by atoms with Crippen molar-refractivity contribution < 1.29 is 27.5 Å². The quantitative estimate of drug-likeness (QED) is 0.437. The number of hydrogen-bond donors (Lipinski definition) is 1. The number of carbonyl (C=O) groups is 2. The molecule has 0 spiro atoms. The third-order valence-electron chi connectivity index (χ3n) is 6.86. The van der Waals surface area contributed by atoms with Gasteiger partial charge in [0.15, 0.2) is 0 Å². The average Bonchev–Trinajstić information content (AvgIpc) is 3.39. The molecule has 2 aromatic rings. The van der Waals surface area contributed by atoms with Gasteiger partial charge in [-0.2, -0.15) is 0 Å². The molecule has 0 heterocycles. The molecular formula is C28H39N3O6S. The number of aryl methyl sites for hydroxylation is 1. The molecule has 1 aliphatic carbocycles. The number of ether oxygens (including phenoxy) is 2. The highest BCUT2D eigenvalue weighted by Gasteiger charge is 2.33. The Hall–Kier alpha value is -3.27. The minimum absolute atomic E-state index is 0.0920. The molecular weight excluding hydrogens is 506 g/mol. The fourth-order valence-corrected chi connectivity index (χ4v) is 5.69. The number of hydrogen-bond acceptors (Lipinski definition) is 6. The fourth-order valence-electron chi connectivity index (χ4n) is 4.84. The summed E-state index contributed by atoms with van der Waals surface area (Å²) < 4.78 is 37.6. The molecule has 1 fully saturated rings. The van der Waals surface area contributed by atoms with Crippen LogP contribution in [-0.4, -0.2) is 64.2 Å². The Morgan fingerprint density at radius 3 is 2.39 bits per heavy atom. The third kappa shape index (κ3) is 7.40. The summed E-state index contributed by atoms with van der Waals surface area (Å²) in [4.78, 5) is 28.8. The van der Waals surface area contributed by atoms with E-state index < -0.39 is 28.5 Å². The molecule has 1 N–H and O–H groups in total. The summed E-state index contributed by atoms with van der Waals surface area (Å²) in [6, 6.07) is 11.7. The summed E-state index contributed by atoms with van der Waals surface area (Å²) >= 11 is 0. The van der Waals surface area contributed by atoms with Gasteiger partial charge in [0, 0.05) is 12.6 Å². The Labute approximate surface area is 226 Å². The van der Waals surface area contributed by atoms with Crippen molar-refractivity contribution in [2.24, 2.45) is 0 Å². The minimum atomic E-state index is -3.87. The molecule has 0 aromatic heterocycles. The number of rotatable bonds is 12. The molecule has 9 nitrogen and oxygen atoms in total. The number of sulfonamides is 1. The zero-order valence-electron chi connectivity index (χ0n) is 22.9. The summed E-state index contributed by atoms with van der Waals surface area (Å²) in [6.45, 7) is 3.33. The van der Waals surface area contributed by atoms with E-state index in [4.69, 9.17) is 9.47 Å². The fraction of sp³-hybridized carbons (Fsp3) is 0.500. The molecule has 1 saturated carbocycles. The Morgan fingerprint density at radius 1 is 1.08 bits per heavy atom. The van der Waals surface area contributed by atoms with E-state index in [9.17, 15) is 18.0 Å². The highest BCUT2D eigenvalue weighted by atomic mass is 32.2. The van der Waals surface area contributed by atoms with Crippen LogP contribution >= 0.6 is 0 Å². The van der Waals surface area contributed by atoms with Crippen LogP contribution in [0.3, 0.4) is 0 Å². The molecule has 2 aromatic carbocycles. The van der Waals surface area contributed by atoms with E-state index in [0.29, 0.717) is 17.9 Å². The van der Waals surface area contributed by atoms with Crippen LogP contribution in [0.4, 0.5) is 5.69 Å². The number of methoxy groups -OCH3 is 2. The van der Waals surface area contributed by atoms with Crippen LogP contribution in [0.1, 0.15) is 50.2 Å². The number of amides is 2. The zero-order chi connectivity index (χ0) is 27.9. The van der Waals surface area contributed by atoms with Crippen molar-refractivity contribution in [1.82, 2.24) is 10.2 Å². The maximum Gasteiger partial charge on any atom is 0.244 e. The van der Waals surface area contributed by atoms with Crippen molar-refractivity contribution in [1.29, 1.82) is 0 Å². The molecule has 0 radical (unpaired) electrons. The predicted octanol–water partition coefficient (Wildman–Crippen LogP) is 3.64. The number of anilines is 1. The largest absolute Gasteiger partial charge is 0.497 e. The van der Waals surface area contributed by atoms with Gasteiger partial charge in [-0.05, 0) is 61.6 Å². The lowest BCUT2D eigenvalue weighted by Crippen LogP contribution is -2.53. The second-order valence-corrected chi connectivity index (χ2v) is 11.6. The lowest BCUT2D eigenvalue weighted by molar-refractivity contribution is -0.140. The van der Waals surface area contributed by atoms with E-state index >= 15 is 0 Å². The van der Waals surface area contributed by atoms with E-state index in [-0.39, 0.29) is 24.2 Å². The second-order valence-electron chi connectivity index (χ2n) is 9.73. The van der Waals surface area contributed by atoms with Crippen LogP contribution in [0.15, 0.2) is 42.5 Å². The van der Waals surface area contributed by atoms with Crippen LogP contribution in [0.5, 0.6) is 11.5 Å². The first-order chi connectivity index (χ1) is 18.1. The van der Waals surface area contributed by atoms with Gasteiger partial charge in [0.25, 0.3) is 0 Å². The van der Waals surface area contributed by atoms with Gasteiger partial charge in [-0.15, -0.1) is 0 Å². The van der Waals surface area contributed by atoms with Crippen LogP contribution in [-0.2, 0) is 26.2 Å². The smallest absolute Gasteiger partial charge is 0.244 e. The number of carbonyl (C=O) groups excluding carboxylic acids is 2. The van der Waals surface area contributed by atoms with Gasteiger partial charge in [0.2, 0.25) is 21.8 Å². The first kappa shape index (κ1) is 29.3. The molecule has 0 unspecified atom stereocenters. The number of benzene rings is 2. The molecule has 0 aliphatic heterocycles. The van der Waals surface area contributed by atoms with Crippen molar-refractivity contribution in [3.05, 3.63) is 53.6 Å². The maximum absolute atomic E-state index is 13.9. The summed E-state index contributed by atoms with van der Waals surface area (Å²) in [7, 11) is -0.854. The number of nitrogens with one attached hydrogen (secondary N) is 1. The first-order valence-corrected chi connectivity index (χ1v) is 14.8. The highest BCUT2D eigenvalue weighted by molar-refractivity contribution is 7.92. The summed E-state index contributed by atoms with van der Waals surface area (Å²) in [5.74, 6) is 0.240.